The molecule has 0 bridgehead atoms. The number of benzene rings is 2. The third-order valence-corrected chi connectivity index (χ3v) is 4.71. The molecule has 0 aliphatic carbocycles. The number of nitrogens with two attached hydrogens (primary N) is 1. The van der Waals surface area contributed by atoms with Crippen LogP contribution >= 0.6 is 0 Å². The standard InChI is InChI=1S/C21H19N5O3/c1-12-6-4-7-13(10-12)19-23-16(18(22)27)17-20(24-19)26(21(28)25(17)2)14-8-5-9-15(11-14)29-3/h4-11H,1-3H3,(H2,22,27). The highest BCUT2D eigenvalue weighted by molar-refractivity contribution is 6.02. The Balaban J connectivity index is 2.11. The maximum Gasteiger partial charge on any atom is 0.334 e. The van der Waals surface area contributed by atoms with E-state index in [-0.39, 0.29) is 16.9 Å². The van der Waals surface area contributed by atoms with Gasteiger partial charge in [-0.1, -0.05) is 29.8 Å². The number of carbonyl (C=O) groups excluding carboxylic acids is 1. The van der Waals surface area contributed by atoms with Gasteiger partial charge in [0.15, 0.2) is 17.2 Å². The third-order valence-electron chi connectivity index (χ3n) is 4.71. The van der Waals surface area contributed by atoms with Crippen molar-refractivity contribution in [2.75, 3.05) is 7.11 Å². The molecule has 0 spiro atoms. The number of hydrogen-bond donors (Lipinski definition) is 1. The average Bonchev–Trinajstić information content (AvgIpc) is 2.97. The minimum absolute atomic E-state index is 0.00671. The summed E-state index contributed by atoms with van der Waals surface area (Å²) in [5, 5.41) is 0. The van der Waals surface area contributed by atoms with Crippen LogP contribution < -0.4 is 16.2 Å². The van der Waals surface area contributed by atoms with Crippen molar-refractivity contribution in [3.05, 3.63) is 70.3 Å². The number of fused-ring (bicyclic) bond motifs is 1. The number of rotatable bonds is 4. The van der Waals surface area contributed by atoms with Crippen molar-refractivity contribution in [1.29, 1.82) is 0 Å². The molecule has 0 saturated carbocycles. The van der Waals surface area contributed by atoms with Gasteiger partial charge >= 0.3 is 5.69 Å². The molecule has 146 valence electrons. The lowest BCUT2D eigenvalue weighted by Gasteiger charge is -2.08. The molecule has 0 aliphatic rings. The van der Waals surface area contributed by atoms with E-state index in [0.29, 0.717) is 22.9 Å². The molecule has 0 unspecified atom stereocenters. The highest BCUT2D eigenvalue weighted by Crippen LogP contribution is 2.24. The maximum atomic E-state index is 13.0. The number of hydrogen-bond acceptors (Lipinski definition) is 5. The Labute approximate surface area is 166 Å². The smallest absolute Gasteiger partial charge is 0.334 e. The molecule has 0 fully saturated rings. The molecule has 2 heterocycles. The van der Waals surface area contributed by atoms with Crippen LogP contribution in [0.4, 0.5) is 0 Å². The van der Waals surface area contributed by atoms with Crippen LogP contribution in [0.15, 0.2) is 53.3 Å². The number of ether oxygens (including phenoxy) is 1. The molecule has 2 N–H and O–H groups in total. The zero-order valence-corrected chi connectivity index (χ0v) is 16.2. The van der Waals surface area contributed by atoms with Crippen molar-refractivity contribution in [1.82, 2.24) is 19.1 Å². The van der Waals surface area contributed by atoms with Gasteiger partial charge in [0.25, 0.3) is 5.91 Å². The second-order valence-corrected chi connectivity index (χ2v) is 6.68. The fraction of sp³-hybridized carbons (Fsp3) is 0.143. The van der Waals surface area contributed by atoms with Gasteiger partial charge in [0.05, 0.1) is 12.8 Å². The predicted octanol–water partition coefficient (Wildman–Crippen LogP) is 2.20. The summed E-state index contributed by atoms with van der Waals surface area (Å²) in [6, 6.07) is 14.6. The predicted molar refractivity (Wildman–Crippen MR) is 109 cm³/mol. The van der Waals surface area contributed by atoms with E-state index in [1.54, 1.807) is 38.4 Å². The van der Waals surface area contributed by atoms with Crippen LogP contribution in [-0.4, -0.2) is 32.1 Å². The molecule has 2 aromatic carbocycles. The Morgan fingerprint density at radius 2 is 1.86 bits per heavy atom. The number of amides is 1. The second kappa shape index (κ2) is 6.90. The number of imidazole rings is 1. The first-order chi connectivity index (χ1) is 13.9. The topological polar surface area (TPSA) is 105 Å². The Morgan fingerprint density at radius 1 is 1.10 bits per heavy atom. The van der Waals surface area contributed by atoms with Gasteiger partial charge in [-0.2, -0.15) is 0 Å². The molecule has 0 aliphatic heterocycles. The zero-order valence-electron chi connectivity index (χ0n) is 16.2. The van der Waals surface area contributed by atoms with Crippen molar-refractivity contribution in [2.45, 2.75) is 6.92 Å². The number of primary amides is 1. The first-order valence-corrected chi connectivity index (χ1v) is 8.91. The zero-order chi connectivity index (χ0) is 20.7. The van der Waals surface area contributed by atoms with E-state index in [9.17, 15) is 9.59 Å². The monoisotopic (exact) mass is 389 g/mol. The summed E-state index contributed by atoms with van der Waals surface area (Å²) in [6.07, 6.45) is 0. The van der Waals surface area contributed by atoms with E-state index in [0.717, 1.165) is 11.1 Å². The van der Waals surface area contributed by atoms with Crippen molar-refractivity contribution >= 4 is 17.1 Å². The van der Waals surface area contributed by atoms with Crippen molar-refractivity contribution in [3.63, 3.8) is 0 Å². The largest absolute Gasteiger partial charge is 0.497 e. The normalized spacial score (nSPS) is 11.0. The van der Waals surface area contributed by atoms with Crippen LogP contribution in [-0.2, 0) is 7.05 Å². The van der Waals surface area contributed by atoms with E-state index in [1.165, 1.54) is 9.13 Å². The molecule has 0 saturated heterocycles. The molecular weight excluding hydrogens is 370 g/mol. The minimum atomic E-state index is -0.732. The van der Waals surface area contributed by atoms with E-state index >= 15 is 0 Å². The van der Waals surface area contributed by atoms with Gasteiger partial charge in [-0.3, -0.25) is 9.36 Å². The summed E-state index contributed by atoms with van der Waals surface area (Å²) in [4.78, 5) is 34.2. The third kappa shape index (κ3) is 3.04. The first kappa shape index (κ1) is 18.4. The van der Waals surface area contributed by atoms with E-state index < -0.39 is 5.91 Å². The van der Waals surface area contributed by atoms with Gasteiger partial charge in [-0.25, -0.2) is 19.3 Å². The fourth-order valence-electron chi connectivity index (χ4n) is 3.31. The highest BCUT2D eigenvalue weighted by atomic mass is 16.5. The number of methoxy groups -OCH3 is 1. The SMILES string of the molecule is COc1cccc(-n2c(=O)n(C)c3c(C(N)=O)nc(-c4cccc(C)c4)nc32)c1. The molecule has 1 amide bonds. The molecule has 2 aromatic heterocycles. The van der Waals surface area contributed by atoms with Gasteiger partial charge in [0.1, 0.15) is 11.3 Å². The first-order valence-electron chi connectivity index (χ1n) is 8.91. The molecule has 8 nitrogen and oxygen atoms in total. The average molecular weight is 389 g/mol. The van der Waals surface area contributed by atoms with Gasteiger partial charge in [-0.05, 0) is 25.1 Å². The molecule has 0 radical (unpaired) electrons. The van der Waals surface area contributed by atoms with E-state index in [4.69, 9.17) is 10.5 Å². The van der Waals surface area contributed by atoms with Gasteiger partial charge in [-0.15, -0.1) is 0 Å². The van der Waals surface area contributed by atoms with Crippen LogP contribution in [0, 0.1) is 6.92 Å². The Kier molecular flexibility index (Phi) is 4.38. The number of aromatic nitrogens is 4. The molecule has 0 atom stereocenters. The second-order valence-electron chi connectivity index (χ2n) is 6.68. The summed E-state index contributed by atoms with van der Waals surface area (Å²) < 4.78 is 8.02. The van der Waals surface area contributed by atoms with Gasteiger partial charge < -0.3 is 10.5 Å². The quantitative estimate of drug-likeness (QED) is 0.576. The van der Waals surface area contributed by atoms with Gasteiger partial charge in [0, 0.05) is 18.7 Å². The Bertz CT molecular complexity index is 1320. The maximum absolute atomic E-state index is 13.0. The van der Waals surface area contributed by atoms with Gasteiger partial charge in [0.2, 0.25) is 0 Å². The number of nitrogens with zero attached hydrogens (tertiary/aromatic N) is 4. The lowest BCUT2D eigenvalue weighted by molar-refractivity contribution is 0.0997. The van der Waals surface area contributed by atoms with E-state index in [2.05, 4.69) is 9.97 Å². The lowest BCUT2D eigenvalue weighted by Crippen LogP contribution is -2.21. The van der Waals surface area contributed by atoms with Crippen molar-refractivity contribution < 1.29 is 9.53 Å². The van der Waals surface area contributed by atoms with Crippen LogP contribution in [0.1, 0.15) is 16.1 Å². The summed E-state index contributed by atoms with van der Waals surface area (Å²) in [7, 11) is 3.11. The number of carbonyl (C=O) groups is 1. The lowest BCUT2D eigenvalue weighted by atomic mass is 10.1. The molecule has 8 heteroatoms. The van der Waals surface area contributed by atoms with Crippen molar-refractivity contribution in [2.24, 2.45) is 12.8 Å². The fourth-order valence-corrected chi connectivity index (χ4v) is 3.31. The molecule has 4 aromatic rings. The number of aryl methyl sites for hydroxylation is 2. The minimum Gasteiger partial charge on any atom is -0.497 e. The molecule has 4 rings (SSSR count). The van der Waals surface area contributed by atoms with E-state index in [1.807, 2.05) is 31.2 Å². The highest BCUT2D eigenvalue weighted by Gasteiger charge is 2.23. The summed E-state index contributed by atoms with van der Waals surface area (Å²) in [5.41, 5.74) is 8.10. The van der Waals surface area contributed by atoms with Crippen molar-refractivity contribution in [3.8, 4) is 22.8 Å². The molecule has 29 heavy (non-hydrogen) atoms. The van der Waals surface area contributed by atoms with Crippen LogP contribution in [0.25, 0.3) is 28.2 Å². The van der Waals surface area contributed by atoms with Crippen LogP contribution in [0.5, 0.6) is 5.75 Å². The summed E-state index contributed by atoms with van der Waals surface area (Å²) in [5.74, 6) is 0.177. The summed E-state index contributed by atoms with van der Waals surface area (Å²) >= 11 is 0. The summed E-state index contributed by atoms with van der Waals surface area (Å²) in [6.45, 7) is 1.95. The Hall–Kier alpha value is -3.94. The van der Waals surface area contributed by atoms with Crippen LogP contribution in [0.2, 0.25) is 0 Å². The van der Waals surface area contributed by atoms with Crippen LogP contribution in [0.3, 0.4) is 0 Å². The Morgan fingerprint density at radius 3 is 2.55 bits per heavy atom. The molecular formula is C21H19N5O3.